The van der Waals surface area contributed by atoms with Crippen LogP contribution in [0.25, 0.3) is 11.4 Å². The lowest BCUT2D eigenvalue weighted by atomic mass is 10.0. The highest BCUT2D eigenvalue weighted by molar-refractivity contribution is 5.54. The van der Waals surface area contributed by atoms with Crippen molar-refractivity contribution in [2.45, 2.75) is 168 Å². The normalized spacial score (nSPS) is 11.3. The Morgan fingerprint density at radius 2 is 0.658 bits per heavy atom. The van der Waals surface area contributed by atoms with Gasteiger partial charge in [0.1, 0.15) is 0 Å². The van der Waals surface area contributed by atoms with Crippen LogP contribution in [0.4, 0.5) is 0 Å². The van der Waals surface area contributed by atoms with Crippen molar-refractivity contribution in [1.29, 1.82) is 0 Å². The fourth-order valence-electron chi connectivity index (χ4n) is 5.43. The zero-order valence-corrected chi connectivity index (χ0v) is 25.3. The Kier molecular flexibility index (Phi) is 19.9. The van der Waals surface area contributed by atoms with E-state index in [9.17, 15) is 0 Å². The van der Waals surface area contributed by atoms with Gasteiger partial charge >= 0.3 is 0 Å². The average Bonchev–Trinajstić information content (AvgIpc) is 2.95. The van der Waals surface area contributed by atoms with Crippen molar-refractivity contribution in [3.05, 3.63) is 47.8 Å². The van der Waals surface area contributed by atoms with Crippen molar-refractivity contribution >= 4 is 0 Å². The Balaban J connectivity index is 1.50. The third kappa shape index (κ3) is 16.3. The molecule has 2 nitrogen and oxygen atoms in total. The quantitative estimate of drug-likeness (QED) is 0.122. The average molecular weight is 521 g/mol. The third-order valence-corrected chi connectivity index (χ3v) is 8.05. The topological polar surface area (TPSA) is 25.8 Å². The summed E-state index contributed by atoms with van der Waals surface area (Å²) >= 11 is 0. The summed E-state index contributed by atoms with van der Waals surface area (Å²) in [6, 6.07) is 8.80. The minimum atomic E-state index is 0.994. The number of rotatable bonds is 25. The first-order valence-corrected chi connectivity index (χ1v) is 16.7. The lowest BCUT2D eigenvalue weighted by Crippen LogP contribution is -1.93. The molecular weight excluding hydrogens is 460 g/mol. The number of nitrogens with zero attached hydrogens (tertiary/aromatic N) is 2. The third-order valence-electron chi connectivity index (χ3n) is 8.05. The largest absolute Gasteiger partial charge is 0.254 e. The van der Waals surface area contributed by atoms with Crippen LogP contribution in [-0.4, -0.2) is 9.97 Å². The molecule has 2 heterocycles. The minimum Gasteiger partial charge on any atom is -0.254 e. The Bertz CT molecular complexity index is 697. The summed E-state index contributed by atoms with van der Waals surface area (Å²) in [4.78, 5) is 9.44. The van der Waals surface area contributed by atoms with E-state index in [0.29, 0.717) is 0 Å². The lowest BCUT2D eigenvalue weighted by Gasteiger charge is -2.06. The Morgan fingerprint density at radius 1 is 0.368 bits per heavy atom. The monoisotopic (exact) mass is 520 g/mol. The number of aromatic nitrogens is 2. The molecule has 0 aliphatic rings. The van der Waals surface area contributed by atoms with E-state index < -0.39 is 0 Å². The standard InChI is InChI=1S/C36H60N2/c1-3-5-7-9-11-13-15-17-19-21-23-25-33-27-29-35(37-31-33)36-30-28-34(32-38-36)26-24-22-20-18-16-14-12-10-8-6-4-2/h27-32H,3-26H2,1-2H3. The molecule has 0 aliphatic carbocycles. The second-order valence-electron chi connectivity index (χ2n) is 11.7. The van der Waals surface area contributed by atoms with Gasteiger partial charge in [0.15, 0.2) is 0 Å². The first-order chi connectivity index (χ1) is 18.8. The van der Waals surface area contributed by atoms with Crippen LogP contribution in [0.15, 0.2) is 36.7 Å². The minimum absolute atomic E-state index is 0.994. The molecule has 214 valence electrons. The predicted octanol–water partition coefficient (Wildman–Crippen LogP) is 11.9. The van der Waals surface area contributed by atoms with Gasteiger partial charge in [-0.15, -0.1) is 0 Å². The van der Waals surface area contributed by atoms with Crippen LogP contribution in [0.3, 0.4) is 0 Å². The Labute approximate surface area is 236 Å². The molecule has 0 saturated heterocycles. The van der Waals surface area contributed by atoms with Crippen LogP contribution >= 0.6 is 0 Å². The Morgan fingerprint density at radius 3 is 0.921 bits per heavy atom. The molecule has 0 unspecified atom stereocenters. The van der Waals surface area contributed by atoms with Gasteiger partial charge < -0.3 is 0 Å². The van der Waals surface area contributed by atoms with Gasteiger partial charge in [0.25, 0.3) is 0 Å². The van der Waals surface area contributed by atoms with Gasteiger partial charge in [-0.1, -0.05) is 154 Å². The number of hydrogen-bond donors (Lipinski definition) is 0. The first-order valence-electron chi connectivity index (χ1n) is 16.7. The van der Waals surface area contributed by atoms with Crippen LogP contribution in [-0.2, 0) is 12.8 Å². The van der Waals surface area contributed by atoms with E-state index in [0.717, 1.165) is 24.2 Å². The summed E-state index contributed by atoms with van der Waals surface area (Å²) in [6.45, 7) is 4.58. The smallest absolute Gasteiger partial charge is 0.0886 e. The maximum atomic E-state index is 4.72. The molecule has 2 aromatic rings. The van der Waals surface area contributed by atoms with Gasteiger partial charge in [-0.3, -0.25) is 9.97 Å². The molecule has 2 aromatic heterocycles. The van der Waals surface area contributed by atoms with Crippen LogP contribution in [0.2, 0.25) is 0 Å². The number of pyridine rings is 2. The maximum absolute atomic E-state index is 4.72. The van der Waals surface area contributed by atoms with Crippen LogP contribution in [0.1, 0.15) is 166 Å². The van der Waals surface area contributed by atoms with Crippen molar-refractivity contribution in [1.82, 2.24) is 9.97 Å². The Hall–Kier alpha value is -1.70. The van der Waals surface area contributed by atoms with Crippen molar-refractivity contribution in [2.24, 2.45) is 0 Å². The predicted molar refractivity (Wildman–Crippen MR) is 168 cm³/mol. The molecule has 0 saturated carbocycles. The number of aryl methyl sites for hydroxylation is 2. The number of hydrogen-bond acceptors (Lipinski definition) is 2. The van der Waals surface area contributed by atoms with Crippen molar-refractivity contribution in [3.8, 4) is 11.4 Å². The molecule has 2 rings (SSSR count). The fourth-order valence-corrected chi connectivity index (χ4v) is 5.43. The summed E-state index contributed by atoms with van der Waals surface area (Å²) in [5.74, 6) is 0. The maximum Gasteiger partial charge on any atom is 0.0886 e. The summed E-state index contributed by atoms with van der Waals surface area (Å²) < 4.78 is 0. The second-order valence-corrected chi connectivity index (χ2v) is 11.7. The molecule has 2 heteroatoms. The van der Waals surface area contributed by atoms with Crippen molar-refractivity contribution in [2.75, 3.05) is 0 Å². The molecule has 0 atom stereocenters. The molecule has 0 fully saturated rings. The summed E-state index contributed by atoms with van der Waals surface area (Å²) in [5, 5.41) is 0. The molecule has 0 amide bonds. The van der Waals surface area contributed by atoms with E-state index in [4.69, 9.17) is 9.97 Å². The number of unbranched alkanes of at least 4 members (excludes halogenated alkanes) is 20. The fraction of sp³-hybridized carbons (Fsp3) is 0.722. The van der Waals surface area contributed by atoms with Crippen molar-refractivity contribution in [3.63, 3.8) is 0 Å². The summed E-state index contributed by atoms with van der Waals surface area (Å²) in [6.07, 6.45) is 37.1. The van der Waals surface area contributed by atoms with Gasteiger partial charge in [0.2, 0.25) is 0 Å². The van der Waals surface area contributed by atoms with E-state index in [1.165, 1.54) is 152 Å². The highest BCUT2D eigenvalue weighted by Crippen LogP contribution is 2.18. The van der Waals surface area contributed by atoms with Gasteiger partial charge in [-0.05, 0) is 48.9 Å². The van der Waals surface area contributed by atoms with Crippen LogP contribution in [0, 0.1) is 0 Å². The van der Waals surface area contributed by atoms with Crippen LogP contribution < -0.4 is 0 Å². The van der Waals surface area contributed by atoms with E-state index in [2.05, 4.69) is 50.5 Å². The summed E-state index contributed by atoms with van der Waals surface area (Å²) in [7, 11) is 0. The zero-order chi connectivity index (χ0) is 26.9. The molecule has 0 N–H and O–H groups in total. The molecule has 0 bridgehead atoms. The van der Waals surface area contributed by atoms with E-state index in [-0.39, 0.29) is 0 Å². The molecule has 0 aliphatic heterocycles. The van der Waals surface area contributed by atoms with Gasteiger partial charge in [-0.2, -0.15) is 0 Å². The van der Waals surface area contributed by atoms with E-state index in [1.807, 2.05) is 0 Å². The van der Waals surface area contributed by atoms with Crippen molar-refractivity contribution < 1.29 is 0 Å². The van der Waals surface area contributed by atoms with E-state index >= 15 is 0 Å². The lowest BCUT2D eigenvalue weighted by molar-refractivity contribution is 0.549. The second kappa shape index (κ2) is 23.2. The first kappa shape index (κ1) is 32.5. The SMILES string of the molecule is CCCCCCCCCCCCCc1ccc(-c2ccc(CCCCCCCCCCCCC)cn2)nc1. The highest BCUT2D eigenvalue weighted by Gasteiger charge is 2.03. The molecule has 0 spiro atoms. The zero-order valence-electron chi connectivity index (χ0n) is 25.3. The van der Waals surface area contributed by atoms with Crippen LogP contribution in [0.5, 0.6) is 0 Å². The molecule has 38 heavy (non-hydrogen) atoms. The van der Waals surface area contributed by atoms with Gasteiger partial charge in [0, 0.05) is 12.4 Å². The highest BCUT2D eigenvalue weighted by atomic mass is 14.8. The van der Waals surface area contributed by atoms with Gasteiger partial charge in [-0.25, -0.2) is 0 Å². The molecular formula is C36H60N2. The summed E-state index contributed by atoms with van der Waals surface area (Å²) in [5.41, 5.74) is 4.71. The molecule has 0 aromatic carbocycles. The molecule has 0 radical (unpaired) electrons. The van der Waals surface area contributed by atoms with Gasteiger partial charge in [0.05, 0.1) is 11.4 Å². The van der Waals surface area contributed by atoms with E-state index in [1.54, 1.807) is 0 Å².